The van der Waals surface area contributed by atoms with Crippen molar-refractivity contribution >= 4 is 8.07 Å². The molecule has 0 unspecified atom stereocenters. The van der Waals surface area contributed by atoms with Crippen LogP contribution in [0.15, 0.2) is 11.3 Å². The maximum absolute atomic E-state index is 9.68. The van der Waals surface area contributed by atoms with E-state index in [1.807, 2.05) is 0 Å². The largest absolute Gasteiger partial charge is 0.476 e. The van der Waals surface area contributed by atoms with Gasteiger partial charge in [0.1, 0.15) is 0 Å². The Labute approximate surface area is 92.6 Å². The number of rotatable bonds is 6. The molecule has 0 spiro atoms. The van der Waals surface area contributed by atoms with Crippen molar-refractivity contribution in [2.75, 3.05) is 6.61 Å². The first kappa shape index (κ1) is 14.0. The zero-order valence-electron chi connectivity index (χ0n) is 10.1. The molecule has 0 saturated carbocycles. The minimum atomic E-state index is -1.86. The molecule has 0 radical (unpaired) electrons. The fourth-order valence-electron chi connectivity index (χ4n) is 1.83. The summed E-state index contributed by atoms with van der Waals surface area (Å²) < 4.78 is 5.02. The van der Waals surface area contributed by atoms with Gasteiger partial charge in [-0.3, -0.25) is 0 Å². The summed E-state index contributed by atoms with van der Waals surface area (Å²) in [6.07, 6.45) is 0. The SMILES string of the molecule is CCO/C(O)=C(\[N+]#N)[Si](CC)(CC)CC. The third-order valence-electron chi connectivity index (χ3n) is 3.12. The van der Waals surface area contributed by atoms with E-state index in [1.165, 1.54) is 0 Å². The molecule has 0 aliphatic heterocycles. The minimum Gasteiger partial charge on any atom is -0.476 e. The predicted octanol–water partition coefficient (Wildman–Crippen LogP) is 3.65. The average Bonchev–Trinajstić information content (AvgIpc) is 2.26. The third kappa shape index (κ3) is 2.96. The van der Waals surface area contributed by atoms with Gasteiger partial charge in [0, 0.05) is 0 Å². The Kier molecular flexibility index (Phi) is 6.02. The second kappa shape index (κ2) is 6.46. The van der Waals surface area contributed by atoms with Crippen LogP contribution in [0, 0.1) is 5.39 Å². The molecule has 5 heteroatoms. The van der Waals surface area contributed by atoms with E-state index >= 15 is 0 Å². The molecule has 0 aromatic carbocycles. The van der Waals surface area contributed by atoms with Crippen LogP contribution in [0.2, 0.25) is 18.1 Å². The molecule has 1 N–H and O–H groups in total. The highest BCUT2D eigenvalue weighted by Gasteiger charge is 2.46. The molecule has 0 saturated heterocycles. The van der Waals surface area contributed by atoms with Crippen molar-refractivity contribution in [2.24, 2.45) is 0 Å². The number of hydrogen-bond acceptors (Lipinski definition) is 3. The van der Waals surface area contributed by atoms with Crippen molar-refractivity contribution in [1.82, 2.24) is 0 Å². The van der Waals surface area contributed by atoms with Gasteiger partial charge in [0.25, 0.3) is 0 Å². The first-order chi connectivity index (χ1) is 7.11. The van der Waals surface area contributed by atoms with Gasteiger partial charge in [-0.05, 0) is 25.1 Å². The summed E-state index contributed by atoms with van der Waals surface area (Å²) in [6, 6.07) is 2.82. The first-order valence-electron chi connectivity index (χ1n) is 5.53. The van der Waals surface area contributed by atoms with Gasteiger partial charge in [-0.2, -0.15) is 0 Å². The van der Waals surface area contributed by atoms with Gasteiger partial charge in [0.2, 0.25) is 13.5 Å². The standard InChI is InChI=1S/C10H20N2O2Si/c1-5-14-10(13)9(12-11)15(6-2,7-3)8-4/h5-8H2,1-4H3/p+1/b10-9+. The second-order valence-corrected chi connectivity index (χ2v) is 8.68. The van der Waals surface area contributed by atoms with Crippen LogP contribution in [-0.2, 0) is 4.74 Å². The number of nitrogens with zero attached hydrogens (tertiary/aromatic N) is 2. The molecule has 0 aliphatic carbocycles. The summed E-state index contributed by atoms with van der Waals surface area (Å²) in [5.41, 5.74) is 0. The lowest BCUT2D eigenvalue weighted by Gasteiger charge is -2.18. The average molecular weight is 229 g/mol. The summed E-state index contributed by atoms with van der Waals surface area (Å²) in [5.74, 6) is -0.197. The number of aliphatic hydroxyl groups is 1. The van der Waals surface area contributed by atoms with Gasteiger partial charge in [0.15, 0.2) is 4.98 Å². The molecule has 0 rings (SSSR count). The molecule has 0 aromatic heterocycles. The number of aliphatic hydroxyl groups excluding tert-OH is 1. The van der Waals surface area contributed by atoms with Crippen molar-refractivity contribution in [3.05, 3.63) is 16.2 Å². The number of hydrogen-bond donors (Lipinski definition) is 1. The van der Waals surface area contributed by atoms with Crippen molar-refractivity contribution in [1.29, 1.82) is 5.39 Å². The molecular weight excluding hydrogens is 208 g/mol. The summed E-state index contributed by atoms with van der Waals surface area (Å²) in [6.45, 7) is 8.39. The topological polar surface area (TPSA) is 57.6 Å². The van der Waals surface area contributed by atoms with E-state index in [1.54, 1.807) is 6.92 Å². The lowest BCUT2D eigenvalue weighted by Crippen LogP contribution is -2.34. The van der Waals surface area contributed by atoms with E-state index in [2.05, 4.69) is 25.7 Å². The highest BCUT2D eigenvalue weighted by molar-refractivity contribution is 6.86. The Morgan fingerprint density at radius 2 is 1.67 bits per heavy atom. The maximum Gasteiger partial charge on any atom is 0.404 e. The van der Waals surface area contributed by atoms with E-state index in [-0.39, 0.29) is 5.95 Å². The fraction of sp³-hybridized carbons (Fsp3) is 0.800. The Hall–Kier alpha value is -1.02. The van der Waals surface area contributed by atoms with E-state index in [4.69, 9.17) is 10.1 Å². The molecule has 0 bridgehead atoms. The van der Waals surface area contributed by atoms with Crippen LogP contribution >= 0.6 is 0 Å². The predicted molar refractivity (Wildman–Crippen MR) is 63.6 cm³/mol. The molecule has 0 atom stereocenters. The van der Waals surface area contributed by atoms with Crippen LogP contribution in [0.25, 0.3) is 4.98 Å². The van der Waals surface area contributed by atoms with E-state index in [0.29, 0.717) is 11.9 Å². The fourth-order valence-corrected chi connectivity index (χ4v) is 5.08. The molecule has 0 heterocycles. The van der Waals surface area contributed by atoms with Crippen LogP contribution in [0.1, 0.15) is 27.7 Å². The quantitative estimate of drug-likeness (QED) is 0.429. The molecule has 86 valence electrons. The van der Waals surface area contributed by atoms with Crippen molar-refractivity contribution < 1.29 is 9.84 Å². The Balaban J connectivity index is 5.25. The molecule has 15 heavy (non-hydrogen) atoms. The Morgan fingerprint density at radius 1 is 1.20 bits per heavy atom. The molecule has 0 aromatic rings. The number of diazo groups is 1. The Bertz CT molecular complexity index is 259. The van der Waals surface area contributed by atoms with Crippen LogP contribution in [0.5, 0.6) is 0 Å². The van der Waals surface area contributed by atoms with Crippen LogP contribution in [0.3, 0.4) is 0 Å². The second-order valence-electron chi connectivity index (χ2n) is 3.53. The lowest BCUT2D eigenvalue weighted by molar-refractivity contribution is 0.101. The number of ether oxygens (including phenoxy) is 1. The molecule has 4 nitrogen and oxygen atoms in total. The van der Waals surface area contributed by atoms with E-state index < -0.39 is 8.07 Å². The van der Waals surface area contributed by atoms with Gasteiger partial charge in [-0.25, -0.2) is 0 Å². The zero-order chi connectivity index (χ0) is 11.9. The molecule has 0 fully saturated rings. The molecule has 0 aliphatic rings. The lowest BCUT2D eigenvalue weighted by atomic mass is 10.8. The van der Waals surface area contributed by atoms with Gasteiger partial charge < -0.3 is 9.84 Å². The highest BCUT2D eigenvalue weighted by Crippen LogP contribution is 2.31. The smallest absolute Gasteiger partial charge is 0.404 e. The van der Waals surface area contributed by atoms with Gasteiger partial charge >= 0.3 is 11.3 Å². The monoisotopic (exact) mass is 229 g/mol. The van der Waals surface area contributed by atoms with Gasteiger partial charge in [0.05, 0.1) is 6.61 Å². The van der Waals surface area contributed by atoms with E-state index in [0.717, 1.165) is 18.1 Å². The van der Waals surface area contributed by atoms with Crippen LogP contribution in [0.4, 0.5) is 0 Å². The molecular formula is C10H21N2O2Si+. The van der Waals surface area contributed by atoms with Crippen LogP contribution < -0.4 is 0 Å². The first-order valence-corrected chi connectivity index (χ1v) is 8.15. The molecule has 0 amide bonds. The summed E-state index contributed by atoms with van der Waals surface area (Å²) in [5, 5.41) is 19.1. The summed E-state index contributed by atoms with van der Waals surface area (Å²) in [7, 11) is -1.86. The van der Waals surface area contributed by atoms with Gasteiger partial charge in [-0.15, -0.1) is 0 Å². The maximum atomic E-state index is 9.68. The normalized spacial score (nSPS) is 13.0. The zero-order valence-corrected chi connectivity index (χ0v) is 11.1. The summed E-state index contributed by atoms with van der Waals surface area (Å²) >= 11 is 0. The van der Waals surface area contributed by atoms with Crippen molar-refractivity contribution in [3.8, 4) is 0 Å². The summed E-state index contributed by atoms with van der Waals surface area (Å²) in [4.78, 5) is 3.26. The van der Waals surface area contributed by atoms with Crippen molar-refractivity contribution in [2.45, 2.75) is 45.8 Å². The minimum absolute atomic E-state index is 0.197. The van der Waals surface area contributed by atoms with E-state index in [9.17, 15) is 5.11 Å². The van der Waals surface area contributed by atoms with Crippen LogP contribution in [-0.4, -0.2) is 19.8 Å². The third-order valence-corrected chi connectivity index (χ3v) is 8.50. The van der Waals surface area contributed by atoms with Crippen molar-refractivity contribution in [3.63, 3.8) is 0 Å². The van der Waals surface area contributed by atoms with Gasteiger partial charge in [-0.1, -0.05) is 20.8 Å². The highest BCUT2D eigenvalue weighted by atomic mass is 28.3. The Morgan fingerprint density at radius 3 is 1.93 bits per heavy atom.